The van der Waals surface area contributed by atoms with Crippen LogP contribution in [0.1, 0.15) is 38.7 Å². The Balaban J connectivity index is 2.63. The van der Waals surface area contributed by atoms with Crippen molar-refractivity contribution in [2.24, 2.45) is 0 Å². The molecule has 1 aromatic carbocycles. The number of carbonyl (C=O) groups excluding carboxylic acids is 1. The fraction of sp³-hybridized carbons (Fsp3) is 0.500. The summed E-state index contributed by atoms with van der Waals surface area (Å²) < 4.78 is 5.93. The third kappa shape index (κ3) is 2.15. The van der Waals surface area contributed by atoms with Gasteiger partial charge < -0.3 is 15.4 Å². The van der Waals surface area contributed by atoms with Crippen LogP contribution in [0.5, 0.6) is 5.75 Å². The van der Waals surface area contributed by atoms with E-state index in [-0.39, 0.29) is 12.0 Å². The zero-order valence-electron chi connectivity index (χ0n) is 11.4. The van der Waals surface area contributed by atoms with Crippen LogP contribution in [-0.4, -0.2) is 19.1 Å². The maximum absolute atomic E-state index is 12.0. The summed E-state index contributed by atoms with van der Waals surface area (Å²) in [5.41, 5.74) is 8.41. The third-order valence-electron chi connectivity index (χ3n) is 3.26. The standard InChI is InChI=1S/C14H20N2O2/c1-8(2)11-6-10(15)7-12-14(11)18-9(3)5-13(17)16(12)4/h6-9H,5,15H2,1-4H3. The van der Waals surface area contributed by atoms with Crippen LogP contribution in [0.2, 0.25) is 0 Å². The monoisotopic (exact) mass is 248 g/mol. The lowest BCUT2D eigenvalue weighted by Crippen LogP contribution is -2.27. The van der Waals surface area contributed by atoms with E-state index in [0.717, 1.165) is 17.0 Å². The number of hydrogen-bond donors (Lipinski definition) is 1. The Hall–Kier alpha value is -1.71. The minimum absolute atomic E-state index is 0.0570. The molecular formula is C14H20N2O2. The fourth-order valence-electron chi connectivity index (χ4n) is 2.22. The molecule has 2 rings (SSSR count). The SMILES string of the molecule is CC1CC(=O)N(C)c2cc(N)cc(C(C)C)c2O1. The van der Waals surface area contributed by atoms with Crippen molar-refractivity contribution in [1.29, 1.82) is 0 Å². The smallest absolute Gasteiger partial charge is 0.230 e. The van der Waals surface area contributed by atoms with E-state index in [1.165, 1.54) is 0 Å². The molecule has 1 unspecified atom stereocenters. The number of anilines is 2. The van der Waals surface area contributed by atoms with Crippen molar-refractivity contribution in [1.82, 2.24) is 0 Å². The molecule has 18 heavy (non-hydrogen) atoms. The molecule has 0 aliphatic carbocycles. The number of benzene rings is 1. The van der Waals surface area contributed by atoms with Crippen molar-refractivity contribution >= 4 is 17.3 Å². The first kappa shape index (κ1) is 12.7. The van der Waals surface area contributed by atoms with Gasteiger partial charge in [0.15, 0.2) is 0 Å². The Morgan fingerprint density at radius 1 is 1.44 bits per heavy atom. The van der Waals surface area contributed by atoms with Gasteiger partial charge in [-0.1, -0.05) is 13.8 Å². The molecule has 4 heteroatoms. The molecule has 1 amide bonds. The van der Waals surface area contributed by atoms with Gasteiger partial charge in [0, 0.05) is 18.3 Å². The molecule has 0 bridgehead atoms. The molecule has 0 saturated carbocycles. The van der Waals surface area contributed by atoms with Crippen LogP contribution < -0.4 is 15.4 Å². The van der Waals surface area contributed by atoms with Crippen molar-refractivity contribution in [2.45, 2.75) is 39.2 Å². The summed E-state index contributed by atoms with van der Waals surface area (Å²) in [6, 6.07) is 3.73. The van der Waals surface area contributed by atoms with Crippen molar-refractivity contribution < 1.29 is 9.53 Å². The highest BCUT2D eigenvalue weighted by Gasteiger charge is 2.27. The summed E-state index contributed by atoms with van der Waals surface area (Å²) in [6.45, 7) is 6.10. The van der Waals surface area contributed by atoms with E-state index in [2.05, 4.69) is 13.8 Å². The van der Waals surface area contributed by atoms with Gasteiger partial charge in [-0.25, -0.2) is 0 Å². The number of fused-ring (bicyclic) bond motifs is 1. The fourth-order valence-corrected chi connectivity index (χ4v) is 2.22. The lowest BCUT2D eigenvalue weighted by Gasteiger charge is -2.21. The highest BCUT2D eigenvalue weighted by molar-refractivity contribution is 5.96. The summed E-state index contributed by atoms with van der Waals surface area (Å²) in [5.74, 6) is 1.15. The second-order valence-electron chi connectivity index (χ2n) is 5.20. The van der Waals surface area contributed by atoms with Crippen molar-refractivity contribution in [3.05, 3.63) is 17.7 Å². The number of carbonyl (C=O) groups is 1. The number of hydrogen-bond acceptors (Lipinski definition) is 3. The maximum Gasteiger partial charge on any atom is 0.230 e. The van der Waals surface area contributed by atoms with Crippen molar-refractivity contribution in [3.63, 3.8) is 0 Å². The highest BCUT2D eigenvalue weighted by atomic mass is 16.5. The summed E-state index contributed by atoms with van der Waals surface area (Å²) in [5, 5.41) is 0. The molecule has 4 nitrogen and oxygen atoms in total. The van der Waals surface area contributed by atoms with E-state index < -0.39 is 0 Å². The first-order valence-electron chi connectivity index (χ1n) is 6.26. The highest BCUT2D eigenvalue weighted by Crippen LogP contribution is 2.40. The average molecular weight is 248 g/mol. The lowest BCUT2D eigenvalue weighted by atomic mass is 10.00. The van der Waals surface area contributed by atoms with Gasteiger partial charge in [-0.05, 0) is 25.0 Å². The van der Waals surface area contributed by atoms with E-state index in [1.807, 2.05) is 13.0 Å². The molecular weight excluding hydrogens is 228 g/mol. The number of nitrogens with two attached hydrogens (primary N) is 1. The van der Waals surface area contributed by atoms with Gasteiger partial charge >= 0.3 is 0 Å². The summed E-state index contributed by atoms with van der Waals surface area (Å²) in [7, 11) is 1.77. The van der Waals surface area contributed by atoms with Gasteiger partial charge in [-0.15, -0.1) is 0 Å². The number of amides is 1. The molecule has 1 aliphatic rings. The first-order valence-corrected chi connectivity index (χ1v) is 6.26. The predicted octanol–water partition coefficient (Wildman–Crippen LogP) is 2.53. The number of ether oxygens (including phenoxy) is 1. The third-order valence-corrected chi connectivity index (χ3v) is 3.26. The van der Waals surface area contributed by atoms with Gasteiger partial charge in [0.2, 0.25) is 5.91 Å². The lowest BCUT2D eigenvalue weighted by molar-refractivity contribution is -0.119. The molecule has 1 aromatic rings. The van der Waals surface area contributed by atoms with E-state index in [4.69, 9.17) is 10.5 Å². The molecule has 0 radical (unpaired) electrons. The molecule has 98 valence electrons. The summed E-state index contributed by atoms with van der Waals surface area (Å²) >= 11 is 0. The Labute approximate surface area is 108 Å². The Kier molecular flexibility index (Phi) is 3.20. The van der Waals surface area contributed by atoms with Crippen molar-refractivity contribution in [2.75, 3.05) is 17.7 Å². The Morgan fingerprint density at radius 3 is 2.72 bits per heavy atom. The molecule has 0 aromatic heterocycles. The van der Waals surface area contributed by atoms with Crippen LogP contribution in [0.15, 0.2) is 12.1 Å². The van der Waals surface area contributed by atoms with E-state index in [1.54, 1.807) is 18.0 Å². The number of rotatable bonds is 1. The topological polar surface area (TPSA) is 55.6 Å². The zero-order chi connectivity index (χ0) is 13.4. The molecule has 1 atom stereocenters. The average Bonchev–Trinajstić information content (AvgIpc) is 2.38. The first-order chi connectivity index (χ1) is 8.40. The normalized spacial score (nSPS) is 19.5. The van der Waals surface area contributed by atoms with Crippen LogP contribution >= 0.6 is 0 Å². The van der Waals surface area contributed by atoms with Crippen LogP contribution in [0.25, 0.3) is 0 Å². The zero-order valence-corrected chi connectivity index (χ0v) is 11.4. The Bertz CT molecular complexity index is 483. The molecule has 2 N–H and O–H groups in total. The molecule has 0 spiro atoms. The van der Waals surface area contributed by atoms with Crippen LogP contribution in [0, 0.1) is 0 Å². The van der Waals surface area contributed by atoms with Gasteiger partial charge in [-0.2, -0.15) is 0 Å². The molecule has 1 aliphatic heterocycles. The van der Waals surface area contributed by atoms with E-state index in [0.29, 0.717) is 18.0 Å². The minimum atomic E-state index is -0.109. The summed E-state index contributed by atoms with van der Waals surface area (Å²) in [6.07, 6.45) is 0.283. The van der Waals surface area contributed by atoms with Crippen molar-refractivity contribution in [3.8, 4) is 5.75 Å². The van der Waals surface area contributed by atoms with Gasteiger partial charge in [0.25, 0.3) is 0 Å². The van der Waals surface area contributed by atoms with Gasteiger partial charge in [-0.3, -0.25) is 4.79 Å². The van der Waals surface area contributed by atoms with Crippen LogP contribution in [-0.2, 0) is 4.79 Å². The minimum Gasteiger partial charge on any atom is -0.488 e. The number of nitrogen functional groups attached to an aromatic ring is 1. The maximum atomic E-state index is 12.0. The second-order valence-corrected chi connectivity index (χ2v) is 5.20. The largest absolute Gasteiger partial charge is 0.488 e. The van der Waals surface area contributed by atoms with E-state index in [9.17, 15) is 4.79 Å². The van der Waals surface area contributed by atoms with Gasteiger partial charge in [0.1, 0.15) is 11.9 Å². The Morgan fingerprint density at radius 2 is 2.11 bits per heavy atom. The van der Waals surface area contributed by atoms with Crippen LogP contribution in [0.3, 0.4) is 0 Å². The molecule has 1 heterocycles. The van der Waals surface area contributed by atoms with E-state index >= 15 is 0 Å². The molecule has 0 fully saturated rings. The quantitative estimate of drug-likeness (QED) is 0.777. The summed E-state index contributed by atoms with van der Waals surface area (Å²) in [4.78, 5) is 13.6. The van der Waals surface area contributed by atoms with Crippen LogP contribution in [0.4, 0.5) is 11.4 Å². The second kappa shape index (κ2) is 4.52. The predicted molar refractivity (Wildman–Crippen MR) is 73.1 cm³/mol. The number of nitrogens with zero attached hydrogens (tertiary/aromatic N) is 1. The van der Waals surface area contributed by atoms with Gasteiger partial charge in [0.05, 0.1) is 12.1 Å². The molecule has 0 saturated heterocycles.